The lowest BCUT2D eigenvalue weighted by atomic mass is 10.2. The van der Waals surface area contributed by atoms with Gasteiger partial charge < -0.3 is 23.9 Å². The number of aryl methyl sites for hydroxylation is 1. The zero-order chi connectivity index (χ0) is 24.8. The monoisotopic (exact) mass is 473 g/mol. The van der Waals surface area contributed by atoms with Crippen molar-refractivity contribution < 1.29 is 28.2 Å². The standard InChI is InChI=1S/C27H23NO7/c1-3-32-27(31)18-7-9-19(10-8-18)28-25(29)16-33-20-11-12-22-23(14-20)34-15-24(26(22)30)35-21-6-4-5-17(2)13-21/h4-15H,3,16H2,1-2H3,(H,28,29). The summed E-state index contributed by atoms with van der Waals surface area (Å²) in [6, 6.07) is 18.4. The van der Waals surface area contributed by atoms with Crippen LogP contribution < -0.4 is 20.2 Å². The summed E-state index contributed by atoms with van der Waals surface area (Å²) in [6.07, 6.45) is 1.25. The summed E-state index contributed by atoms with van der Waals surface area (Å²) in [5.41, 5.74) is 1.90. The zero-order valence-electron chi connectivity index (χ0n) is 19.2. The van der Waals surface area contributed by atoms with E-state index in [-0.39, 0.29) is 24.4 Å². The van der Waals surface area contributed by atoms with Gasteiger partial charge in [-0.25, -0.2) is 4.79 Å². The Hall–Kier alpha value is -4.59. The van der Waals surface area contributed by atoms with Gasteiger partial charge >= 0.3 is 5.97 Å². The molecule has 0 spiro atoms. The van der Waals surface area contributed by atoms with E-state index in [0.29, 0.717) is 33.7 Å². The number of benzene rings is 3. The second-order valence-electron chi connectivity index (χ2n) is 7.64. The van der Waals surface area contributed by atoms with Crippen LogP contribution in [0.25, 0.3) is 11.0 Å². The molecule has 1 N–H and O–H groups in total. The average Bonchev–Trinajstić information content (AvgIpc) is 2.85. The summed E-state index contributed by atoms with van der Waals surface area (Å²) in [6.45, 7) is 3.69. The maximum atomic E-state index is 12.8. The summed E-state index contributed by atoms with van der Waals surface area (Å²) in [7, 11) is 0. The van der Waals surface area contributed by atoms with Crippen LogP contribution in [0.5, 0.6) is 17.2 Å². The highest BCUT2D eigenvalue weighted by Crippen LogP contribution is 2.24. The summed E-state index contributed by atoms with van der Waals surface area (Å²) < 4.78 is 21.7. The molecule has 0 fully saturated rings. The van der Waals surface area contributed by atoms with E-state index < -0.39 is 11.9 Å². The lowest BCUT2D eigenvalue weighted by Crippen LogP contribution is -2.20. The SMILES string of the molecule is CCOC(=O)c1ccc(NC(=O)COc2ccc3c(=O)c(Oc4cccc(C)c4)coc3c2)cc1. The minimum absolute atomic E-state index is 0.0742. The fourth-order valence-corrected chi connectivity index (χ4v) is 3.31. The summed E-state index contributed by atoms with van der Waals surface area (Å²) in [5, 5.41) is 3.01. The molecule has 0 radical (unpaired) electrons. The van der Waals surface area contributed by atoms with Crippen molar-refractivity contribution >= 4 is 28.5 Å². The van der Waals surface area contributed by atoms with Crippen LogP contribution in [0.15, 0.2) is 82.2 Å². The van der Waals surface area contributed by atoms with Gasteiger partial charge in [-0.1, -0.05) is 12.1 Å². The molecule has 0 atom stereocenters. The molecule has 0 aliphatic rings. The van der Waals surface area contributed by atoms with Crippen molar-refractivity contribution in [2.24, 2.45) is 0 Å². The fourth-order valence-electron chi connectivity index (χ4n) is 3.31. The van der Waals surface area contributed by atoms with E-state index in [1.54, 1.807) is 49.4 Å². The molecule has 3 aromatic carbocycles. The number of anilines is 1. The number of amides is 1. The normalized spacial score (nSPS) is 10.6. The Balaban J connectivity index is 1.38. The van der Waals surface area contributed by atoms with Gasteiger partial charge in [0.1, 0.15) is 23.3 Å². The van der Waals surface area contributed by atoms with Gasteiger partial charge in [-0.2, -0.15) is 0 Å². The number of fused-ring (bicyclic) bond motifs is 1. The number of esters is 1. The van der Waals surface area contributed by atoms with Crippen molar-refractivity contribution in [3.05, 3.63) is 94.3 Å². The minimum Gasteiger partial charge on any atom is -0.484 e. The highest BCUT2D eigenvalue weighted by Gasteiger charge is 2.12. The smallest absolute Gasteiger partial charge is 0.338 e. The van der Waals surface area contributed by atoms with Gasteiger partial charge in [0.05, 0.1) is 17.6 Å². The van der Waals surface area contributed by atoms with Crippen LogP contribution in [0.4, 0.5) is 5.69 Å². The van der Waals surface area contributed by atoms with Crippen LogP contribution in [0, 0.1) is 6.92 Å². The van der Waals surface area contributed by atoms with E-state index >= 15 is 0 Å². The predicted octanol–water partition coefficient (Wildman–Crippen LogP) is 5.09. The predicted molar refractivity (Wildman–Crippen MR) is 130 cm³/mol. The van der Waals surface area contributed by atoms with E-state index in [4.69, 9.17) is 18.6 Å². The molecule has 1 aromatic heterocycles. The second-order valence-corrected chi connectivity index (χ2v) is 7.64. The molecule has 8 nitrogen and oxygen atoms in total. The van der Waals surface area contributed by atoms with Gasteiger partial charge in [-0.3, -0.25) is 9.59 Å². The van der Waals surface area contributed by atoms with Crippen LogP contribution in [0.1, 0.15) is 22.8 Å². The Labute approximate surface area is 201 Å². The van der Waals surface area contributed by atoms with E-state index in [1.807, 2.05) is 25.1 Å². The Kier molecular flexibility index (Phi) is 7.11. The van der Waals surface area contributed by atoms with Gasteiger partial charge in [0.25, 0.3) is 5.91 Å². The first-order valence-electron chi connectivity index (χ1n) is 10.9. The van der Waals surface area contributed by atoms with E-state index in [1.165, 1.54) is 12.3 Å². The van der Waals surface area contributed by atoms with E-state index in [2.05, 4.69) is 5.32 Å². The molecule has 0 unspecified atom stereocenters. The molecule has 0 aliphatic carbocycles. The maximum absolute atomic E-state index is 12.8. The zero-order valence-corrected chi connectivity index (χ0v) is 19.2. The van der Waals surface area contributed by atoms with Gasteiger partial charge in [-0.15, -0.1) is 0 Å². The van der Waals surface area contributed by atoms with E-state index in [0.717, 1.165) is 5.56 Å². The minimum atomic E-state index is -0.425. The fraction of sp³-hybridized carbons (Fsp3) is 0.148. The molecule has 1 amide bonds. The number of carbonyl (C=O) groups excluding carboxylic acids is 2. The highest BCUT2D eigenvalue weighted by atomic mass is 16.5. The van der Waals surface area contributed by atoms with Crippen LogP contribution in [-0.4, -0.2) is 25.1 Å². The van der Waals surface area contributed by atoms with Crippen LogP contribution >= 0.6 is 0 Å². The van der Waals surface area contributed by atoms with Crippen LogP contribution in [0.3, 0.4) is 0 Å². The number of hydrogen-bond acceptors (Lipinski definition) is 7. The lowest BCUT2D eigenvalue weighted by Gasteiger charge is -2.09. The number of nitrogens with one attached hydrogen (secondary N) is 1. The molecule has 4 rings (SSSR count). The van der Waals surface area contributed by atoms with Crippen molar-refractivity contribution in [3.8, 4) is 17.2 Å². The number of hydrogen-bond donors (Lipinski definition) is 1. The molecule has 0 saturated carbocycles. The first-order chi connectivity index (χ1) is 16.9. The van der Waals surface area contributed by atoms with Gasteiger partial charge in [0.15, 0.2) is 6.61 Å². The van der Waals surface area contributed by atoms with Crippen molar-refractivity contribution in [2.45, 2.75) is 13.8 Å². The number of carbonyl (C=O) groups is 2. The Morgan fingerprint density at radius 2 is 1.77 bits per heavy atom. The van der Waals surface area contributed by atoms with Crippen molar-refractivity contribution in [2.75, 3.05) is 18.5 Å². The quantitative estimate of drug-likeness (QED) is 0.356. The number of ether oxygens (including phenoxy) is 3. The van der Waals surface area contributed by atoms with Crippen molar-refractivity contribution in [1.29, 1.82) is 0 Å². The molecule has 1 heterocycles. The third-order valence-electron chi connectivity index (χ3n) is 4.98. The molecule has 8 heteroatoms. The van der Waals surface area contributed by atoms with E-state index in [9.17, 15) is 14.4 Å². The average molecular weight is 473 g/mol. The van der Waals surface area contributed by atoms with Gasteiger partial charge in [-0.05, 0) is 67.9 Å². The molecular weight excluding hydrogens is 450 g/mol. The third kappa shape index (κ3) is 5.86. The highest BCUT2D eigenvalue weighted by molar-refractivity contribution is 5.93. The topological polar surface area (TPSA) is 104 Å². The molecule has 0 aliphatic heterocycles. The van der Waals surface area contributed by atoms with Gasteiger partial charge in [0.2, 0.25) is 11.2 Å². The van der Waals surface area contributed by atoms with Crippen molar-refractivity contribution in [1.82, 2.24) is 0 Å². The Morgan fingerprint density at radius 3 is 2.51 bits per heavy atom. The summed E-state index contributed by atoms with van der Waals surface area (Å²) in [4.78, 5) is 36.7. The maximum Gasteiger partial charge on any atom is 0.338 e. The summed E-state index contributed by atoms with van der Waals surface area (Å²) >= 11 is 0. The lowest BCUT2D eigenvalue weighted by molar-refractivity contribution is -0.118. The first kappa shape index (κ1) is 23.6. The van der Waals surface area contributed by atoms with Crippen LogP contribution in [-0.2, 0) is 9.53 Å². The first-order valence-corrected chi connectivity index (χ1v) is 10.9. The number of rotatable bonds is 8. The Bertz CT molecular complexity index is 1420. The van der Waals surface area contributed by atoms with Crippen molar-refractivity contribution in [3.63, 3.8) is 0 Å². The molecular formula is C27H23NO7. The second kappa shape index (κ2) is 10.6. The molecule has 0 saturated heterocycles. The molecule has 178 valence electrons. The molecule has 0 bridgehead atoms. The molecule has 35 heavy (non-hydrogen) atoms. The largest absolute Gasteiger partial charge is 0.484 e. The third-order valence-corrected chi connectivity index (χ3v) is 4.98. The summed E-state index contributed by atoms with van der Waals surface area (Å²) in [5.74, 6) is 0.159. The molecule has 4 aromatic rings. The van der Waals surface area contributed by atoms with Gasteiger partial charge in [0, 0.05) is 11.8 Å². The van der Waals surface area contributed by atoms with Crippen LogP contribution in [0.2, 0.25) is 0 Å². The Morgan fingerprint density at radius 1 is 0.971 bits per heavy atom.